The van der Waals surface area contributed by atoms with E-state index in [0.717, 1.165) is 16.5 Å². The van der Waals surface area contributed by atoms with Gasteiger partial charge in [0.15, 0.2) is 0 Å². The smallest absolute Gasteiger partial charge is 0.134 e. The second kappa shape index (κ2) is 4.40. The minimum Gasteiger partial charge on any atom is -0.464 e. The second-order valence-corrected chi connectivity index (χ2v) is 5.65. The number of fused-ring (bicyclic) bond motifs is 1. The van der Waals surface area contributed by atoms with Crippen LogP contribution in [0.3, 0.4) is 0 Å². The molecule has 3 heteroatoms. The number of para-hydroxylation sites is 1. The predicted molar refractivity (Wildman–Crippen MR) is 72.7 cm³/mol. The van der Waals surface area contributed by atoms with E-state index in [-0.39, 0.29) is 11.3 Å². The number of rotatable bonds is 3. The van der Waals surface area contributed by atoms with Crippen LogP contribution in [-0.4, -0.2) is 13.2 Å². The molecule has 1 aromatic heterocycles. The maximum atomic E-state index is 9.53. The van der Waals surface area contributed by atoms with Gasteiger partial charge in [-0.2, -0.15) is 5.26 Å². The lowest BCUT2D eigenvalue weighted by Crippen LogP contribution is -2.53. The Labute approximate surface area is 112 Å². The van der Waals surface area contributed by atoms with Gasteiger partial charge in [0.25, 0.3) is 0 Å². The van der Waals surface area contributed by atoms with E-state index in [4.69, 9.17) is 9.15 Å². The number of benzene rings is 1. The van der Waals surface area contributed by atoms with Gasteiger partial charge in [-0.3, -0.25) is 0 Å². The summed E-state index contributed by atoms with van der Waals surface area (Å²) in [4.78, 5) is 0. The number of furan rings is 1. The van der Waals surface area contributed by atoms with Gasteiger partial charge in [0.1, 0.15) is 5.58 Å². The second-order valence-electron chi connectivity index (χ2n) is 5.65. The highest BCUT2D eigenvalue weighted by atomic mass is 16.5. The largest absolute Gasteiger partial charge is 0.464 e. The average Bonchev–Trinajstić information content (AvgIpc) is 2.77. The fourth-order valence-corrected chi connectivity index (χ4v) is 3.10. The van der Waals surface area contributed by atoms with E-state index >= 15 is 0 Å². The van der Waals surface area contributed by atoms with Crippen molar-refractivity contribution in [3.05, 3.63) is 36.1 Å². The van der Waals surface area contributed by atoms with Crippen molar-refractivity contribution in [2.75, 3.05) is 13.2 Å². The minimum atomic E-state index is -0.213. The number of ether oxygens (including phenoxy) is 1. The van der Waals surface area contributed by atoms with Crippen molar-refractivity contribution in [3.63, 3.8) is 0 Å². The summed E-state index contributed by atoms with van der Waals surface area (Å²) < 4.78 is 11.1. The average molecular weight is 255 g/mol. The third-order valence-electron chi connectivity index (χ3n) is 4.14. The molecular weight excluding hydrogens is 238 g/mol. The fraction of sp³-hybridized carbons (Fsp3) is 0.438. The summed E-state index contributed by atoms with van der Waals surface area (Å²) in [7, 11) is 0. The number of nitrogens with zero attached hydrogens (tertiary/aromatic N) is 1. The molecule has 1 saturated heterocycles. The zero-order valence-corrected chi connectivity index (χ0v) is 11.2. The Morgan fingerprint density at radius 1 is 1.26 bits per heavy atom. The Kier molecular flexibility index (Phi) is 2.83. The van der Waals surface area contributed by atoms with Crippen LogP contribution in [0.15, 0.2) is 34.9 Å². The molecule has 1 aromatic carbocycles. The summed E-state index contributed by atoms with van der Waals surface area (Å²) >= 11 is 0. The van der Waals surface area contributed by atoms with Gasteiger partial charge >= 0.3 is 0 Å². The molecule has 2 heterocycles. The predicted octanol–water partition coefficient (Wildman–Crippen LogP) is 3.50. The molecule has 0 amide bonds. The van der Waals surface area contributed by atoms with Crippen molar-refractivity contribution >= 4 is 11.0 Å². The summed E-state index contributed by atoms with van der Waals surface area (Å²) in [6, 6.07) is 10.5. The molecule has 1 fully saturated rings. The molecule has 0 spiro atoms. The summed E-state index contributed by atoms with van der Waals surface area (Å²) in [6.45, 7) is 5.40. The van der Waals surface area contributed by atoms with Crippen molar-refractivity contribution in [2.24, 2.45) is 11.8 Å². The van der Waals surface area contributed by atoms with Crippen LogP contribution in [-0.2, 0) is 10.2 Å². The van der Waals surface area contributed by atoms with Crippen LogP contribution in [0.5, 0.6) is 0 Å². The number of hydrogen-bond acceptors (Lipinski definition) is 3. The van der Waals surface area contributed by atoms with Gasteiger partial charge in [0.05, 0.1) is 36.9 Å². The monoisotopic (exact) mass is 255 g/mol. The lowest BCUT2D eigenvalue weighted by molar-refractivity contribution is -0.0872. The molecule has 0 aliphatic carbocycles. The lowest BCUT2D eigenvalue weighted by Gasteiger charge is -2.45. The standard InChI is InChI=1S/C16H17NO2/c1-11(2)13(7-17)16(9-18-10-16)14-8-19-15-6-4-3-5-12(14)15/h3-6,8,11,13H,9-10H2,1-2H3. The molecule has 1 atom stereocenters. The van der Waals surface area contributed by atoms with E-state index < -0.39 is 0 Å². The summed E-state index contributed by atoms with van der Waals surface area (Å²) in [5.74, 6) is 0.241. The van der Waals surface area contributed by atoms with Gasteiger partial charge in [-0.05, 0) is 12.0 Å². The fourth-order valence-electron chi connectivity index (χ4n) is 3.10. The third kappa shape index (κ3) is 1.67. The van der Waals surface area contributed by atoms with E-state index in [1.54, 1.807) is 6.26 Å². The summed E-state index contributed by atoms with van der Waals surface area (Å²) in [5, 5.41) is 10.6. The van der Waals surface area contributed by atoms with Gasteiger partial charge in [0, 0.05) is 10.9 Å². The molecule has 0 N–H and O–H groups in total. The Morgan fingerprint density at radius 2 is 2.00 bits per heavy atom. The van der Waals surface area contributed by atoms with Crippen LogP contribution in [0.2, 0.25) is 0 Å². The third-order valence-corrected chi connectivity index (χ3v) is 4.14. The first-order valence-electron chi connectivity index (χ1n) is 6.63. The van der Waals surface area contributed by atoms with Crippen LogP contribution in [0, 0.1) is 23.2 Å². The maximum Gasteiger partial charge on any atom is 0.134 e. The zero-order chi connectivity index (χ0) is 13.5. The molecule has 0 bridgehead atoms. The number of nitriles is 1. The van der Waals surface area contributed by atoms with Crippen molar-refractivity contribution < 1.29 is 9.15 Å². The van der Waals surface area contributed by atoms with Crippen LogP contribution >= 0.6 is 0 Å². The van der Waals surface area contributed by atoms with Gasteiger partial charge < -0.3 is 9.15 Å². The van der Waals surface area contributed by atoms with Crippen LogP contribution in [0.1, 0.15) is 19.4 Å². The Morgan fingerprint density at radius 3 is 2.58 bits per heavy atom. The van der Waals surface area contributed by atoms with E-state index in [1.165, 1.54) is 0 Å². The van der Waals surface area contributed by atoms with Crippen LogP contribution in [0.4, 0.5) is 0 Å². The minimum absolute atomic E-state index is 0.0535. The molecule has 1 aliphatic rings. The first-order valence-corrected chi connectivity index (χ1v) is 6.63. The molecule has 19 heavy (non-hydrogen) atoms. The van der Waals surface area contributed by atoms with Crippen LogP contribution < -0.4 is 0 Å². The van der Waals surface area contributed by atoms with Crippen molar-refractivity contribution in [1.29, 1.82) is 5.26 Å². The van der Waals surface area contributed by atoms with Gasteiger partial charge in [-0.15, -0.1) is 0 Å². The highest BCUT2D eigenvalue weighted by molar-refractivity contribution is 5.82. The molecule has 3 rings (SSSR count). The summed E-state index contributed by atoms with van der Waals surface area (Å²) in [6.07, 6.45) is 1.81. The van der Waals surface area contributed by atoms with E-state index in [0.29, 0.717) is 19.1 Å². The Hall–Kier alpha value is -1.79. The topological polar surface area (TPSA) is 46.2 Å². The lowest BCUT2D eigenvalue weighted by atomic mass is 9.65. The zero-order valence-electron chi connectivity index (χ0n) is 11.2. The van der Waals surface area contributed by atoms with Crippen molar-refractivity contribution in [3.8, 4) is 6.07 Å². The van der Waals surface area contributed by atoms with E-state index in [2.05, 4.69) is 26.0 Å². The first kappa shape index (κ1) is 12.3. The molecule has 0 radical (unpaired) electrons. The molecule has 1 aliphatic heterocycles. The van der Waals surface area contributed by atoms with Gasteiger partial charge in [-0.25, -0.2) is 0 Å². The quantitative estimate of drug-likeness (QED) is 0.843. The van der Waals surface area contributed by atoms with Crippen molar-refractivity contribution in [1.82, 2.24) is 0 Å². The number of hydrogen-bond donors (Lipinski definition) is 0. The summed E-state index contributed by atoms with van der Waals surface area (Å²) in [5.41, 5.74) is 1.79. The SMILES string of the molecule is CC(C)C(C#N)C1(c2coc3ccccc23)COC1. The molecule has 3 nitrogen and oxygen atoms in total. The van der Waals surface area contributed by atoms with E-state index in [9.17, 15) is 5.26 Å². The molecule has 1 unspecified atom stereocenters. The van der Waals surface area contributed by atoms with Crippen LogP contribution in [0.25, 0.3) is 11.0 Å². The molecule has 0 saturated carbocycles. The molecule has 98 valence electrons. The maximum absolute atomic E-state index is 9.53. The highest BCUT2D eigenvalue weighted by Crippen LogP contribution is 2.45. The first-order chi connectivity index (χ1) is 9.19. The van der Waals surface area contributed by atoms with Gasteiger partial charge in [-0.1, -0.05) is 32.0 Å². The molecular formula is C16H17NO2. The molecule has 2 aromatic rings. The normalized spacial score (nSPS) is 19.1. The highest BCUT2D eigenvalue weighted by Gasteiger charge is 2.50. The Balaban J connectivity index is 2.15. The Bertz CT molecular complexity index is 631. The van der Waals surface area contributed by atoms with Crippen molar-refractivity contribution in [2.45, 2.75) is 19.3 Å². The van der Waals surface area contributed by atoms with Gasteiger partial charge in [0.2, 0.25) is 0 Å². The van der Waals surface area contributed by atoms with E-state index in [1.807, 2.05) is 18.2 Å².